The molecule has 2 unspecified atom stereocenters. The van der Waals surface area contributed by atoms with Gasteiger partial charge in [-0.05, 0) is 35.4 Å². The molecule has 1 saturated heterocycles. The van der Waals surface area contributed by atoms with Crippen molar-refractivity contribution in [2.75, 3.05) is 66.1 Å². The maximum Gasteiger partial charge on any atom is 0.106 e. The molecule has 0 spiro atoms. The Hall–Kier alpha value is -1.22. The van der Waals surface area contributed by atoms with Gasteiger partial charge in [0.25, 0.3) is 0 Å². The summed E-state index contributed by atoms with van der Waals surface area (Å²) in [5, 5.41) is 1.37. The first kappa shape index (κ1) is 25.4. The van der Waals surface area contributed by atoms with Crippen molar-refractivity contribution in [3.05, 3.63) is 69.7 Å². The standard InChI is InChI=1S/C24H30Cl2O6/c25-21-5-1-19(2-6-21)23-17-29-11-9-28-14-16-32-24(20-3-7-22(26)8-4-20)18-30-12-10-27-13-15-31-23/h1-8,23-24H,9-18H2. The fourth-order valence-corrected chi connectivity index (χ4v) is 3.41. The normalized spacial score (nSPS) is 23.2. The van der Waals surface area contributed by atoms with Crippen LogP contribution in [0.5, 0.6) is 0 Å². The van der Waals surface area contributed by atoms with Gasteiger partial charge in [0.2, 0.25) is 0 Å². The predicted octanol–water partition coefficient (Wildman–Crippen LogP) is 4.89. The Labute approximate surface area is 199 Å². The van der Waals surface area contributed by atoms with Crippen LogP contribution in [0.1, 0.15) is 23.3 Å². The molecule has 2 aromatic rings. The molecule has 8 heteroatoms. The first-order valence-corrected chi connectivity index (χ1v) is 11.5. The zero-order chi connectivity index (χ0) is 22.4. The monoisotopic (exact) mass is 484 g/mol. The highest BCUT2D eigenvalue weighted by atomic mass is 35.5. The molecule has 6 nitrogen and oxygen atoms in total. The molecule has 3 rings (SSSR count). The van der Waals surface area contributed by atoms with E-state index < -0.39 is 0 Å². The molecule has 176 valence electrons. The van der Waals surface area contributed by atoms with Gasteiger partial charge >= 0.3 is 0 Å². The summed E-state index contributed by atoms with van der Waals surface area (Å²) < 4.78 is 34.8. The van der Waals surface area contributed by atoms with Gasteiger partial charge in [0, 0.05) is 10.0 Å². The van der Waals surface area contributed by atoms with Crippen molar-refractivity contribution in [2.45, 2.75) is 12.2 Å². The smallest absolute Gasteiger partial charge is 0.106 e. The van der Waals surface area contributed by atoms with Crippen molar-refractivity contribution in [3.8, 4) is 0 Å². The van der Waals surface area contributed by atoms with Gasteiger partial charge in [0.1, 0.15) is 12.2 Å². The van der Waals surface area contributed by atoms with Crippen LogP contribution in [0.4, 0.5) is 0 Å². The van der Waals surface area contributed by atoms with Gasteiger partial charge in [0.15, 0.2) is 0 Å². The molecule has 2 atom stereocenters. The van der Waals surface area contributed by atoms with Crippen molar-refractivity contribution in [1.29, 1.82) is 0 Å². The van der Waals surface area contributed by atoms with Crippen LogP contribution < -0.4 is 0 Å². The van der Waals surface area contributed by atoms with E-state index in [0.29, 0.717) is 76.1 Å². The maximum atomic E-state index is 6.00. The molecule has 1 heterocycles. The maximum absolute atomic E-state index is 6.00. The summed E-state index contributed by atoms with van der Waals surface area (Å²) in [6, 6.07) is 15.2. The largest absolute Gasteiger partial charge is 0.377 e. The zero-order valence-electron chi connectivity index (χ0n) is 18.0. The van der Waals surface area contributed by atoms with Crippen molar-refractivity contribution >= 4 is 23.2 Å². The van der Waals surface area contributed by atoms with E-state index in [0.717, 1.165) is 11.1 Å². The minimum atomic E-state index is -0.200. The van der Waals surface area contributed by atoms with Crippen LogP contribution in [0.15, 0.2) is 48.5 Å². The number of halogens is 2. The summed E-state index contributed by atoms with van der Waals surface area (Å²) in [5.41, 5.74) is 2.02. The SMILES string of the molecule is Clc1ccc(C2COCCOCCOC(c3ccc(Cl)cc3)COCCOCCO2)cc1. The average molecular weight is 485 g/mol. The van der Waals surface area contributed by atoms with E-state index in [4.69, 9.17) is 51.6 Å². The number of hydrogen-bond acceptors (Lipinski definition) is 6. The van der Waals surface area contributed by atoms with Crippen LogP contribution in [0, 0.1) is 0 Å². The van der Waals surface area contributed by atoms with Crippen LogP contribution in [0.2, 0.25) is 10.0 Å². The van der Waals surface area contributed by atoms with Crippen molar-refractivity contribution < 1.29 is 28.4 Å². The third-order valence-electron chi connectivity index (χ3n) is 4.86. The van der Waals surface area contributed by atoms with E-state index in [-0.39, 0.29) is 12.2 Å². The van der Waals surface area contributed by atoms with Crippen LogP contribution in [-0.2, 0) is 28.4 Å². The van der Waals surface area contributed by atoms with Gasteiger partial charge in [-0.3, -0.25) is 0 Å². The lowest BCUT2D eigenvalue weighted by molar-refractivity contribution is -0.0750. The molecule has 2 aromatic carbocycles. The Bertz CT molecular complexity index is 671. The quantitative estimate of drug-likeness (QED) is 0.604. The second-order valence-electron chi connectivity index (χ2n) is 7.20. The molecule has 0 saturated carbocycles. The molecular weight excluding hydrogens is 455 g/mol. The van der Waals surface area contributed by atoms with Gasteiger partial charge in [-0.15, -0.1) is 0 Å². The van der Waals surface area contributed by atoms with E-state index in [1.54, 1.807) is 0 Å². The zero-order valence-corrected chi connectivity index (χ0v) is 19.6. The van der Waals surface area contributed by atoms with Crippen LogP contribution in [0.25, 0.3) is 0 Å². The Balaban J connectivity index is 1.50. The molecule has 32 heavy (non-hydrogen) atoms. The molecule has 0 amide bonds. The molecule has 0 bridgehead atoms. The number of hydrogen-bond donors (Lipinski definition) is 0. The molecule has 1 fully saturated rings. The molecule has 0 aliphatic carbocycles. The first-order chi connectivity index (χ1) is 15.7. The lowest BCUT2D eigenvalue weighted by Gasteiger charge is -2.20. The Kier molecular flexibility index (Phi) is 11.8. The third-order valence-corrected chi connectivity index (χ3v) is 5.36. The van der Waals surface area contributed by atoms with Crippen LogP contribution in [-0.4, -0.2) is 66.1 Å². The van der Waals surface area contributed by atoms with Gasteiger partial charge in [0.05, 0.1) is 66.1 Å². The lowest BCUT2D eigenvalue weighted by Crippen LogP contribution is -2.20. The Morgan fingerprint density at radius 3 is 1.22 bits per heavy atom. The van der Waals surface area contributed by atoms with Crippen molar-refractivity contribution in [3.63, 3.8) is 0 Å². The topological polar surface area (TPSA) is 55.4 Å². The average Bonchev–Trinajstić information content (AvgIpc) is 2.80. The summed E-state index contributed by atoms with van der Waals surface area (Å²) in [6.07, 6.45) is -0.399. The van der Waals surface area contributed by atoms with E-state index in [2.05, 4.69) is 0 Å². The summed E-state index contributed by atoms with van der Waals surface area (Å²) >= 11 is 12.0. The number of ether oxygens (including phenoxy) is 6. The highest BCUT2D eigenvalue weighted by molar-refractivity contribution is 6.30. The van der Waals surface area contributed by atoms with Crippen molar-refractivity contribution in [2.24, 2.45) is 0 Å². The van der Waals surface area contributed by atoms with Gasteiger partial charge in [-0.25, -0.2) is 0 Å². The highest BCUT2D eigenvalue weighted by Crippen LogP contribution is 2.21. The summed E-state index contributed by atoms with van der Waals surface area (Å²) in [7, 11) is 0. The van der Waals surface area contributed by atoms with E-state index in [1.165, 1.54) is 0 Å². The molecule has 0 radical (unpaired) electrons. The number of rotatable bonds is 2. The molecular formula is C24H30Cl2O6. The molecule has 0 aromatic heterocycles. The summed E-state index contributed by atoms with van der Waals surface area (Å²) in [4.78, 5) is 0. The fraction of sp³-hybridized carbons (Fsp3) is 0.500. The molecule has 0 N–H and O–H groups in total. The van der Waals surface area contributed by atoms with E-state index in [9.17, 15) is 0 Å². The number of benzene rings is 2. The lowest BCUT2D eigenvalue weighted by atomic mass is 10.1. The van der Waals surface area contributed by atoms with E-state index in [1.807, 2.05) is 48.5 Å². The fourth-order valence-electron chi connectivity index (χ4n) is 3.16. The third kappa shape index (κ3) is 9.33. The van der Waals surface area contributed by atoms with Gasteiger partial charge in [-0.2, -0.15) is 0 Å². The molecule has 1 aliphatic heterocycles. The Morgan fingerprint density at radius 1 is 0.469 bits per heavy atom. The van der Waals surface area contributed by atoms with Crippen LogP contribution >= 0.6 is 23.2 Å². The highest BCUT2D eigenvalue weighted by Gasteiger charge is 2.14. The second kappa shape index (κ2) is 14.8. The van der Waals surface area contributed by atoms with Gasteiger partial charge in [-0.1, -0.05) is 47.5 Å². The Morgan fingerprint density at radius 2 is 0.812 bits per heavy atom. The van der Waals surface area contributed by atoms with Crippen LogP contribution in [0.3, 0.4) is 0 Å². The first-order valence-electron chi connectivity index (χ1n) is 10.8. The second-order valence-corrected chi connectivity index (χ2v) is 8.07. The summed E-state index contributed by atoms with van der Waals surface area (Å²) in [6.45, 7) is 4.55. The van der Waals surface area contributed by atoms with E-state index >= 15 is 0 Å². The molecule has 1 aliphatic rings. The minimum absolute atomic E-state index is 0.200. The summed E-state index contributed by atoms with van der Waals surface area (Å²) in [5.74, 6) is 0. The van der Waals surface area contributed by atoms with Gasteiger partial charge < -0.3 is 28.4 Å². The predicted molar refractivity (Wildman–Crippen MR) is 124 cm³/mol. The van der Waals surface area contributed by atoms with Crippen molar-refractivity contribution in [1.82, 2.24) is 0 Å². The minimum Gasteiger partial charge on any atom is -0.377 e.